The second-order valence-electron chi connectivity index (χ2n) is 7.11. The molecule has 0 aliphatic carbocycles. The third-order valence-electron chi connectivity index (χ3n) is 5.23. The van der Waals surface area contributed by atoms with E-state index >= 15 is 0 Å². The van der Waals surface area contributed by atoms with Crippen LogP contribution < -0.4 is 4.74 Å². The highest BCUT2D eigenvalue weighted by molar-refractivity contribution is 7.14. The molecular formula is C21H26N2O2S. The van der Waals surface area contributed by atoms with E-state index in [9.17, 15) is 4.79 Å². The quantitative estimate of drug-likeness (QED) is 0.725. The lowest BCUT2D eigenvalue weighted by Gasteiger charge is -2.26. The Morgan fingerprint density at radius 2 is 1.92 bits per heavy atom. The second-order valence-corrected chi connectivity index (χ2v) is 8.21. The summed E-state index contributed by atoms with van der Waals surface area (Å²) in [5.41, 5.74) is 2.12. The van der Waals surface area contributed by atoms with Gasteiger partial charge in [0.15, 0.2) is 5.06 Å². The third kappa shape index (κ3) is 4.10. The maximum absolute atomic E-state index is 12.6. The lowest BCUT2D eigenvalue weighted by molar-refractivity contribution is 0.0737. The highest BCUT2D eigenvalue weighted by Crippen LogP contribution is 2.34. The lowest BCUT2D eigenvalue weighted by Crippen LogP contribution is -2.35. The molecule has 4 nitrogen and oxygen atoms in total. The monoisotopic (exact) mass is 370 g/mol. The van der Waals surface area contributed by atoms with Crippen molar-refractivity contribution in [3.63, 3.8) is 0 Å². The molecular weight excluding hydrogens is 344 g/mol. The summed E-state index contributed by atoms with van der Waals surface area (Å²) in [6, 6.07) is 11.7. The van der Waals surface area contributed by atoms with Gasteiger partial charge in [-0.25, -0.2) is 0 Å². The standard InChI is InChI=1S/C21H26N2O2S/c24-21(17-7-2-1-3-8-17)23-13-9-18-15-20(26-19(18)16-23)25-14-6-12-22-10-4-5-11-22/h1-3,7-8,15H,4-6,9-14,16H2. The Bertz CT molecular complexity index is 738. The number of nitrogens with zero attached hydrogens (tertiary/aromatic N) is 2. The van der Waals surface area contributed by atoms with Crippen molar-refractivity contribution in [3.8, 4) is 5.06 Å². The molecule has 0 atom stereocenters. The van der Waals surface area contributed by atoms with Gasteiger partial charge in [-0.3, -0.25) is 4.79 Å². The largest absolute Gasteiger partial charge is 0.484 e. The number of hydrogen-bond acceptors (Lipinski definition) is 4. The fraction of sp³-hybridized carbons (Fsp3) is 0.476. The molecule has 3 heterocycles. The van der Waals surface area contributed by atoms with Crippen molar-refractivity contribution in [2.45, 2.75) is 32.2 Å². The van der Waals surface area contributed by atoms with E-state index in [1.54, 1.807) is 11.3 Å². The smallest absolute Gasteiger partial charge is 0.254 e. The van der Waals surface area contributed by atoms with E-state index in [2.05, 4.69) is 11.0 Å². The summed E-state index contributed by atoms with van der Waals surface area (Å²) in [6.45, 7) is 5.90. The second kappa shape index (κ2) is 8.23. The number of likely N-dealkylation sites (tertiary alicyclic amines) is 1. The minimum atomic E-state index is 0.123. The van der Waals surface area contributed by atoms with Crippen LogP contribution in [0.25, 0.3) is 0 Å². The van der Waals surface area contributed by atoms with Gasteiger partial charge >= 0.3 is 0 Å². The summed E-state index contributed by atoms with van der Waals surface area (Å²) in [6.07, 6.45) is 4.69. The van der Waals surface area contributed by atoms with Gasteiger partial charge in [-0.05, 0) is 62.5 Å². The number of rotatable bonds is 6. The van der Waals surface area contributed by atoms with Crippen molar-refractivity contribution in [3.05, 3.63) is 52.4 Å². The molecule has 0 N–H and O–H groups in total. The van der Waals surface area contributed by atoms with Crippen LogP contribution >= 0.6 is 11.3 Å². The summed E-state index contributed by atoms with van der Waals surface area (Å²) in [5, 5.41) is 1.01. The number of thiophene rings is 1. The zero-order chi connectivity index (χ0) is 17.8. The minimum absolute atomic E-state index is 0.123. The highest BCUT2D eigenvalue weighted by atomic mass is 32.1. The molecule has 1 saturated heterocycles. The van der Waals surface area contributed by atoms with Crippen molar-refractivity contribution in [2.75, 3.05) is 32.8 Å². The van der Waals surface area contributed by atoms with Crippen molar-refractivity contribution < 1.29 is 9.53 Å². The van der Waals surface area contributed by atoms with Crippen LogP contribution in [0.4, 0.5) is 0 Å². The number of carbonyl (C=O) groups is 1. The third-order valence-corrected chi connectivity index (χ3v) is 6.30. The normalized spacial score (nSPS) is 17.3. The Labute approximate surface area is 159 Å². The molecule has 1 amide bonds. The Morgan fingerprint density at radius 1 is 1.12 bits per heavy atom. The van der Waals surface area contributed by atoms with Crippen LogP contribution in [0.1, 0.15) is 40.1 Å². The highest BCUT2D eigenvalue weighted by Gasteiger charge is 2.24. The van der Waals surface area contributed by atoms with E-state index in [0.717, 1.165) is 43.2 Å². The number of hydrogen-bond donors (Lipinski definition) is 0. The van der Waals surface area contributed by atoms with Gasteiger partial charge in [0.25, 0.3) is 5.91 Å². The zero-order valence-electron chi connectivity index (χ0n) is 15.2. The van der Waals surface area contributed by atoms with E-state index in [1.165, 1.54) is 36.4 Å². The number of amides is 1. The Morgan fingerprint density at radius 3 is 2.73 bits per heavy atom. The molecule has 26 heavy (non-hydrogen) atoms. The molecule has 4 rings (SSSR count). The fourth-order valence-corrected chi connectivity index (χ4v) is 4.87. The van der Waals surface area contributed by atoms with E-state index < -0.39 is 0 Å². The lowest BCUT2D eigenvalue weighted by atomic mass is 10.1. The van der Waals surface area contributed by atoms with E-state index in [1.807, 2.05) is 35.2 Å². The molecule has 0 spiro atoms. The van der Waals surface area contributed by atoms with Crippen molar-refractivity contribution in [2.24, 2.45) is 0 Å². The molecule has 1 fully saturated rings. The molecule has 0 unspecified atom stereocenters. The van der Waals surface area contributed by atoms with Crippen LogP contribution in [0.3, 0.4) is 0 Å². The maximum atomic E-state index is 12.6. The summed E-state index contributed by atoms with van der Waals surface area (Å²) < 4.78 is 5.99. The van der Waals surface area contributed by atoms with Gasteiger partial charge in [-0.2, -0.15) is 0 Å². The van der Waals surface area contributed by atoms with Gasteiger partial charge in [0.1, 0.15) is 0 Å². The first kappa shape index (κ1) is 17.6. The Kier molecular flexibility index (Phi) is 5.56. The number of carbonyl (C=O) groups excluding carboxylic acids is 1. The van der Waals surface area contributed by atoms with Gasteiger partial charge in [-0.1, -0.05) is 18.2 Å². The summed E-state index contributed by atoms with van der Waals surface area (Å²) in [4.78, 5) is 18.4. The molecule has 0 bridgehead atoms. The molecule has 1 aromatic carbocycles. The van der Waals surface area contributed by atoms with Crippen LogP contribution in [0.2, 0.25) is 0 Å². The predicted octanol–water partition coefficient (Wildman–Crippen LogP) is 3.81. The number of benzene rings is 1. The molecule has 5 heteroatoms. The molecule has 2 aliphatic heterocycles. The fourth-order valence-electron chi connectivity index (χ4n) is 3.77. The van der Waals surface area contributed by atoms with Crippen LogP contribution in [0.5, 0.6) is 5.06 Å². The predicted molar refractivity (Wildman–Crippen MR) is 105 cm³/mol. The van der Waals surface area contributed by atoms with Crippen LogP contribution in [0.15, 0.2) is 36.4 Å². The minimum Gasteiger partial charge on any atom is -0.484 e. The maximum Gasteiger partial charge on any atom is 0.254 e. The van der Waals surface area contributed by atoms with Gasteiger partial charge in [0.2, 0.25) is 0 Å². The van der Waals surface area contributed by atoms with Crippen molar-refractivity contribution >= 4 is 17.2 Å². The molecule has 0 saturated carbocycles. The Balaban J connectivity index is 1.30. The van der Waals surface area contributed by atoms with Crippen LogP contribution in [-0.4, -0.2) is 48.5 Å². The van der Waals surface area contributed by atoms with Crippen molar-refractivity contribution in [1.29, 1.82) is 0 Å². The summed E-state index contributed by atoms with van der Waals surface area (Å²) >= 11 is 1.70. The first-order chi connectivity index (χ1) is 12.8. The molecule has 1 aromatic heterocycles. The van der Waals surface area contributed by atoms with Gasteiger partial charge < -0.3 is 14.5 Å². The van der Waals surface area contributed by atoms with Crippen molar-refractivity contribution in [1.82, 2.24) is 9.80 Å². The van der Waals surface area contributed by atoms with Gasteiger partial charge in [-0.15, -0.1) is 11.3 Å². The molecule has 2 aliphatic rings. The van der Waals surface area contributed by atoms with Crippen LogP contribution in [-0.2, 0) is 13.0 Å². The first-order valence-corrected chi connectivity index (χ1v) is 10.4. The zero-order valence-corrected chi connectivity index (χ0v) is 16.0. The number of fused-ring (bicyclic) bond motifs is 1. The Hall–Kier alpha value is -1.85. The van der Waals surface area contributed by atoms with E-state index in [-0.39, 0.29) is 5.91 Å². The van der Waals surface area contributed by atoms with Gasteiger partial charge in [0, 0.05) is 23.5 Å². The number of ether oxygens (including phenoxy) is 1. The first-order valence-electron chi connectivity index (χ1n) is 9.61. The van der Waals surface area contributed by atoms with E-state index in [0.29, 0.717) is 6.54 Å². The average Bonchev–Trinajstić information content (AvgIpc) is 3.34. The molecule has 2 aromatic rings. The topological polar surface area (TPSA) is 32.8 Å². The average molecular weight is 371 g/mol. The SMILES string of the molecule is O=C(c1ccccc1)N1CCc2cc(OCCCN3CCCC3)sc2C1. The van der Waals surface area contributed by atoms with Gasteiger partial charge in [0.05, 0.1) is 13.2 Å². The summed E-state index contributed by atoms with van der Waals surface area (Å²) in [7, 11) is 0. The van der Waals surface area contributed by atoms with E-state index in [4.69, 9.17) is 4.74 Å². The molecule has 0 radical (unpaired) electrons. The summed E-state index contributed by atoms with van der Waals surface area (Å²) in [5.74, 6) is 0.123. The van der Waals surface area contributed by atoms with Crippen LogP contribution in [0, 0.1) is 0 Å². The molecule has 138 valence electrons.